The molecule has 1 atom stereocenters. The second-order valence-corrected chi connectivity index (χ2v) is 7.22. The van der Waals surface area contributed by atoms with Gasteiger partial charge in [-0.2, -0.15) is 0 Å². The van der Waals surface area contributed by atoms with Gasteiger partial charge in [-0.1, -0.05) is 18.2 Å². The van der Waals surface area contributed by atoms with Crippen LogP contribution in [0.15, 0.2) is 35.7 Å². The minimum Gasteiger partial charge on any atom is -0.320 e. The van der Waals surface area contributed by atoms with Crippen molar-refractivity contribution in [3.63, 3.8) is 0 Å². The molecule has 1 nitrogen and oxygen atoms in total. The topological polar surface area (TPSA) is 26.0 Å². The van der Waals surface area contributed by atoms with Crippen molar-refractivity contribution < 1.29 is 0 Å². The molecule has 0 saturated carbocycles. The normalized spacial score (nSPS) is 15.8. The van der Waals surface area contributed by atoms with Gasteiger partial charge < -0.3 is 5.73 Å². The molecule has 0 amide bonds. The summed E-state index contributed by atoms with van der Waals surface area (Å²) < 4.78 is 2.72. The third kappa shape index (κ3) is 1.93. The summed E-state index contributed by atoms with van der Waals surface area (Å²) in [6.45, 7) is 0. The molecule has 1 unspecified atom stereocenters. The van der Waals surface area contributed by atoms with Gasteiger partial charge in [-0.3, -0.25) is 0 Å². The molecule has 4 rings (SSSR count). The summed E-state index contributed by atoms with van der Waals surface area (Å²) in [5.74, 6) is 0. The van der Waals surface area contributed by atoms with Crippen LogP contribution in [-0.2, 0) is 12.8 Å². The SMILES string of the molecule is NC(c1ccc2c(c1)CCC2)c1cc2sccc2s1. The predicted octanol–water partition coefficient (Wildman–Crippen LogP) is 4.50. The largest absolute Gasteiger partial charge is 0.320 e. The maximum absolute atomic E-state index is 6.45. The number of hydrogen-bond donors (Lipinski definition) is 1. The molecule has 1 aliphatic rings. The van der Waals surface area contributed by atoms with Crippen LogP contribution >= 0.6 is 22.7 Å². The van der Waals surface area contributed by atoms with Gasteiger partial charge >= 0.3 is 0 Å². The molecular weight excluding hydrogens is 270 g/mol. The van der Waals surface area contributed by atoms with Crippen molar-refractivity contribution in [1.29, 1.82) is 0 Å². The van der Waals surface area contributed by atoms with Crippen LogP contribution in [0.5, 0.6) is 0 Å². The van der Waals surface area contributed by atoms with Crippen LogP contribution in [0.25, 0.3) is 9.40 Å². The van der Waals surface area contributed by atoms with E-state index in [1.165, 1.54) is 50.2 Å². The first kappa shape index (κ1) is 11.6. The van der Waals surface area contributed by atoms with Gasteiger partial charge in [0.15, 0.2) is 0 Å². The molecule has 2 aromatic heterocycles. The Bertz CT molecular complexity index is 710. The predicted molar refractivity (Wildman–Crippen MR) is 84.2 cm³/mol. The molecular formula is C16H15NS2. The van der Waals surface area contributed by atoms with Gasteiger partial charge in [-0.25, -0.2) is 0 Å². The van der Waals surface area contributed by atoms with Crippen molar-refractivity contribution in [2.45, 2.75) is 25.3 Å². The molecule has 2 N–H and O–H groups in total. The summed E-state index contributed by atoms with van der Waals surface area (Å²) >= 11 is 3.62. The molecule has 0 spiro atoms. The lowest BCUT2D eigenvalue weighted by atomic mass is 10.0. The van der Waals surface area contributed by atoms with Gasteiger partial charge in [0, 0.05) is 14.3 Å². The Morgan fingerprint density at radius 2 is 1.89 bits per heavy atom. The fourth-order valence-corrected chi connectivity index (χ4v) is 5.04. The van der Waals surface area contributed by atoms with Crippen molar-refractivity contribution in [1.82, 2.24) is 0 Å². The third-order valence-electron chi connectivity index (χ3n) is 3.95. The molecule has 0 saturated heterocycles. The number of fused-ring (bicyclic) bond motifs is 2. The van der Waals surface area contributed by atoms with Gasteiger partial charge in [0.2, 0.25) is 0 Å². The first-order valence-corrected chi connectivity index (χ1v) is 8.35. The first-order valence-electron chi connectivity index (χ1n) is 6.65. The number of thiophene rings is 2. The van der Waals surface area contributed by atoms with E-state index in [-0.39, 0.29) is 6.04 Å². The van der Waals surface area contributed by atoms with E-state index in [1.54, 1.807) is 11.3 Å². The first-order chi connectivity index (χ1) is 9.31. The Morgan fingerprint density at radius 1 is 1.00 bits per heavy atom. The monoisotopic (exact) mass is 285 g/mol. The molecule has 0 fully saturated rings. The Hall–Kier alpha value is -1.16. The van der Waals surface area contributed by atoms with Gasteiger partial charge in [0.25, 0.3) is 0 Å². The molecule has 1 aliphatic carbocycles. The number of benzene rings is 1. The van der Waals surface area contributed by atoms with E-state index in [9.17, 15) is 0 Å². The zero-order valence-electron chi connectivity index (χ0n) is 10.6. The Kier molecular flexibility index (Phi) is 2.72. The van der Waals surface area contributed by atoms with Crippen LogP contribution in [0.1, 0.15) is 34.0 Å². The smallest absolute Gasteiger partial charge is 0.0646 e. The minimum atomic E-state index is 0.0236. The van der Waals surface area contributed by atoms with Gasteiger partial charge in [-0.15, -0.1) is 22.7 Å². The number of rotatable bonds is 2. The van der Waals surface area contributed by atoms with Crippen molar-refractivity contribution in [2.24, 2.45) is 5.73 Å². The van der Waals surface area contributed by atoms with E-state index >= 15 is 0 Å². The average molecular weight is 285 g/mol. The van der Waals surface area contributed by atoms with Crippen LogP contribution in [0.2, 0.25) is 0 Å². The van der Waals surface area contributed by atoms with Crippen LogP contribution < -0.4 is 5.73 Å². The standard InChI is InChI=1S/C16H15NS2/c17-16(15-9-14-13(19-15)6-7-18-14)12-5-4-10-2-1-3-11(10)8-12/h4-9,16H,1-3,17H2. The second-order valence-electron chi connectivity index (χ2n) is 5.16. The average Bonchev–Trinajstić information content (AvgIpc) is 3.11. The molecule has 1 aromatic carbocycles. The van der Waals surface area contributed by atoms with Crippen LogP contribution in [-0.4, -0.2) is 0 Å². The highest BCUT2D eigenvalue weighted by molar-refractivity contribution is 7.27. The summed E-state index contributed by atoms with van der Waals surface area (Å²) in [5.41, 5.74) is 10.7. The Morgan fingerprint density at radius 3 is 2.79 bits per heavy atom. The van der Waals surface area contributed by atoms with Crippen molar-refractivity contribution >= 4 is 32.1 Å². The molecule has 2 heterocycles. The van der Waals surface area contributed by atoms with Crippen molar-refractivity contribution in [2.75, 3.05) is 0 Å². The summed E-state index contributed by atoms with van der Waals surface area (Å²) in [6.07, 6.45) is 3.75. The van der Waals surface area contributed by atoms with E-state index in [0.29, 0.717) is 0 Å². The number of nitrogens with two attached hydrogens (primary N) is 1. The Balaban J connectivity index is 1.73. The highest BCUT2D eigenvalue weighted by Gasteiger charge is 2.16. The quantitative estimate of drug-likeness (QED) is 0.737. The second kappa shape index (κ2) is 4.44. The molecule has 3 aromatic rings. The lowest BCUT2D eigenvalue weighted by molar-refractivity contribution is 0.888. The maximum atomic E-state index is 6.45. The highest BCUT2D eigenvalue weighted by atomic mass is 32.1. The van der Waals surface area contributed by atoms with E-state index in [0.717, 1.165) is 0 Å². The van der Waals surface area contributed by atoms with E-state index in [2.05, 4.69) is 35.7 Å². The van der Waals surface area contributed by atoms with Crippen LogP contribution in [0, 0.1) is 0 Å². The third-order valence-corrected chi connectivity index (χ3v) is 6.12. The lowest BCUT2D eigenvalue weighted by Gasteiger charge is -2.11. The van der Waals surface area contributed by atoms with Crippen LogP contribution in [0.3, 0.4) is 0 Å². The minimum absolute atomic E-state index is 0.0236. The molecule has 0 bridgehead atoms. The number of aryl methyl sites for hydroxylation is 2. The van der Waals surface area contributed by atoms with Gasteiger partial charge in [-0.05, 0) is 53.5 Å². The van der Waals surface area contributed by atoms with E-state index in [1.807, 2.05) is 11.3 Å². The zero-order valence-corrected chi connectivity index (χ0v) is 12.2. The van der Waals surface area contributed by atoms with Gasteiger partial charge in [0.05, 0.1) is 6.04 Å². The maximum Gasteiger partial charge on any atom is 0.0646 e. The number of hydrogen-bond acceptors (Lipinski definition) is 3. The van der Waals surface area contributed by atoms with Crippen molar-refractivity contribution in [3.8, 4) is 0 Å². The summed E-state index contributed by atoms with van der Waals surface area (Å²) in [4.78, 5) is 1.28. The molecule has 0 aliphatic heterocycles. The molecule has 96 valence electrons. The van der Waals surface area contributed by atoms with E-state index < -0.39 is 0 Å². The fourth-order valence-electron chi connectivity index (χ4n) is 2.89. The Labute approximate surface area is 120 Å². The molecule has 3 heteroatoms. The highest BCUT2D eigenvalue weighted by Crippen LogP contribution is 2.35. The molecule has 19 heavy (non-hydrogen) atoms. The zero-order chi connectivity index (χ0) is 12.8. The van der Waals surface area contributed by atoms with Crippen molar-refractivity contribution in [3.05, 3.63) is 57.3 Å². The summed E-state index contributed by atoms with van der Waals surface area (Å²) in [7, 11) is 0. The summed E-state index contributed by atoms with van der Waals surface area (Å²) in [6, 6.07) is 11.3. The van der Waals surface area contributed by atoms with Crippen LogP contribution in [0.4, 0.5) is 0 Å². The van der Waals surface area contributed by atoms with E-state index in [4.69, 9.17) is 5.73 Å². The molecule has 0 radical (unpaired) electrons. The summed E-state index contributed by atoms with van der Waals surface area (Å²) in [5, 5.41) is 2.14. The van der Waals surface area contributed by atoms with Gasteiger partial charge in [0.1, 0.15) is 0 Å². The lowest BCUT2D eigenvalue weighted by Crippen LogP contribution is -2.10. The fraction of sp³-hybridized carbons (Fsp3) is 0.250.